The normalized spacial score (nSPS) is 13.3. The zero-order chi connectivity index (χ0) is 18.9. The van der Waals surface area contributed by atoms with Gasteiger partial charge in [0.15, 0.2) is 0 Å². The average Bonchev–Trinajstić information content (AvgIpc) is 2.97. The number of nitrogens with two attached hydrogens (primary N) is 1. The number of carbonyl (C=O) groups is 2. The van der Waals surface area contributed by atoms with Crippen LogP contribution < -0.4 is 22.3 Å². The van der Waals surface area contributed by atoms with Gasteiger partial charge in [-0.15, -0.1) is 0 Å². The van der Waals surface area contributed by atoms with Gasteiger partial charge in [0, 0.05) is 24.6 Å². The quantitative estimate of drug-likeness (QED) is 0.549. The van der Waals surface area contributed by atoms with E-state index in [4.69, 9.17) is 5.73 Å². The van der Waals surface area contributed by atoms with Crippen LogP contribution in [0.2, 0.25) is 0 Å². The molecule has 1 aliphatic rings. The number of amides is 2. The standard InChI is InChI=1S/C16H12BrN5O4/c1-20-9-4-7(17)8(5-10(9)21(2)16(20)26)22-11(23)3-6-12(13(22)18)15(25)19-14(6)24/h3-5H,18H2,1-2H3,(H,19,24,25). The minimum Gasteiger partial charge on any atom is -0.384 e. The van der Waals surface area contributed by atoms with Gasteiger partial charge < -0.3 is 5.73 Å². The fraction of sp³-hybridized carbons (Fsp3) is 0.125. The van der Waals surface area contributed by atoms with Crippen molar-refractivity contribution in [3.63, 3.8) is 0 Å². The maximum atomic E-state index is 12.6. The number of nitrogens with zero attached hydrogens (tertiary/aromatic N) is 3. The van der Waals surface area contributed by atoms with E-state index in [1.807, 2.05) is 0 Å². The molecule has 0 bridgehead atoms. The van der Waals surface area contributed by atoms with Gasteiger partial charge in [-0.25, -0.2) is 4.79 Å². The Balaban J connectivity index is 2.11. The smallest absolute Gasteiger partial charge is 0.328 e. The predicted octanol–water partition coefficient (Wildman–Crippen LogP) is 0.256. The Kier molecular flexibility index (Phi) is 3.25. The van der Waals surface area contributed by atoms with Crippen molar-refractivity contribution in [3.05, 3.63) is 54.6 Å². The second kappa shape index (κ2) is 5.18. The molecule has 0 atom stereocenters. The zero-order valence-corrected chi connectivity index (χ0v) is 15.2. The Morgan fingerprint density at radius 1 is 0.962 bits per heavy atom. The molecule has 2 aromatic heterocycles. The van der Waals surface area contributed by atoms with Crippen LogP contribution in [0.25, 0.3) is 16.7 Å². The monoisotopic (exact) mass is 417 g/mol. The van der Waals surface area contributed by atoms with Crippen molar-refractivity contribution in [2.24, 2.45) is 14.1 Å². The molecule has 1 aromatic carbocycles. The van der Waals surface area contributed by atoms with E-state index >= 15 is 0 Å². The Hall–Kier alpha value is -3.14. The number of fused-ring (bicyclic) bond motifs is 2. The van der Waals surface area contributed by atoms with Gasteiger partial charge in [-0.2, -0.15) is 0 Å². The SMILES string of the molecule is Cn1c(=O)n(C)c2cc(-n3c(N)c4c(cc3=O)C(=O)NC4=O)c(Br)cc21. The molecule has 3 N–H and O–H groups in total. The minimum absolute atomic E-state index is 0.0384. The topological polar surface area (TPSA) is 121 Å². The largest absolute Gasteiger partial charge is 0.384 e. The summed E-state index contributed by atoms with van der Waals surface area (Å²) in [5.41, 5.74) is 6.80. The number of imidazole rings is 1. The van der Waals surface area contributed by atoms with Crippen LogP contribution in [0.5, 0.6) is 0 Å². The van der Waals surface area contributed by atoms with Crippen molar-refractivity contribution in [2.75, 3.05) is 5.73 Å². The number of nitrogens with one attached hydrogen (secondary N) is 1. The second-order valence-electron chi connectivity index (χ2n) is 5.97. The molecule has 0 aliphatic carbocycles. The van der Waals surface area contributed by atoms with E-state index in [-0.39, 0.29) is 22.6 Å². The Morgan fingerprint density at radius 2 is 1.58 bits per heavy atom. The first-order valence-electron chi connectivity index (χ1n) is 7.49. The van der Waals surface area contributed by atoms with Crippen molar-refractivity contribution in [1.29, 1.82) is 0 Å². The van der Waals surface area contributed by atoms with Crippen LogP contribution in [-0.2, 0) is 14.1 Å². The number of benzene rings is 1. The highest BCUT2D eigenvalue weighted by Crippen LogP contribution is 2.29. The van der Waals surface area contributed by atoms with E-state index in [2.05, 4.69) is 21.2 Å². The molecule has 132 valence electrons. The van der Waals surface area contributed by atoms with Gasteiger partial charge in [0.2, 0.25) is 0 Å². The van der Waals surface area contributed by atoms with Crippen molar-refractivity contribution < 1.29 is 9.59 Å². The average molecular weight is 418 g/mol. The number of pyridine rings is 1. The van der Waals surface area contributed by atoms with E-state index in [1.165, 1.54) is 9.13 Å². The first-order chi connectivity index (χ1) is 12.2. The lowest BCUT2D eigenvalue weighted by molar-refractivity contribution is 0.0880. The first-order valence-corrected chi connectivity index (χ1v) is 8.28. The number of carbonyl (C=O) groups excluding carboxylic acids is 2. The summed E-state index contributed by atoms with van der Waals surface area (Å²) in [5, 5.41) is 2.12. The molecule has 4 rings (SSSR count). The maximum absolute atomic E-state index is 12.6. The Labute approximate surface area is 153 Å². The van der Waals surface area contributed by atoms with Gasteiger partial charge in [-0.3, -0.25) is 33.4 Å². The fourth-order valence-corrected chi connectivity index (χ4v) is 3.72. The van der Waals surface area contributed by atoms with E-state index in [9.17, 15) is 19.2 Å². The third-order valence-corrected chi connectivity index (χ3v) is 5.17. The van der Waals surface area contributed by atoms with Crippen LogP contribution in [-0.4, -0.2) is 25.5 Å². The predicted molar refractivity (Wildman–Crippen MR) is 97.7 cm³/mol. The van der Waals surface area contributed by atoms with Crippen LogP contribution in [0, 0.1) is 0 Å². The minimum atomic E-state index is -0.652. The maximum Gasteiger partial charge on any atom is 0.328 e. The molecule has 0 spiro atoms. The summed E-state index contributed by atoms with van der Waals surface area (Å²) < 4.78 is 4.56. The van der Waals surface area contributed by atoms with Crippen molar-refractivity contribution in [3.8, 4) is 5.69 Å². The molecule has 0 saturated heterocycles. The highest BCUT2D eigenvalue weighted by molar-refractivity contribution is 9.10. The molecule has 10 heteroatoms. The second-order valence-corrected chi connectivity index (χ2v) is 6.82. The molecular formula is C16H12BrN5O4. The molecule has 3 aromatic rings. The number of imide groups is 1. The number of hydrogen-bond acceptors (Lipinski definition) is 5. The van der Waals surface area contributed by atoms with Gasteiger partial charge >= 0.3 is 5.69 Å². The van der Waals surface area contributed by atoms with Crippen molar-refractivity contribution in [1.82, 2.24) is 19.0 Å². The molecular weight excluding hydrogens is 406 g/mol. The number of halogens is 1. The van der Waals surface area contributed by atoms with E-state index in [0.717, 1.165) is 10.6 Å². The Morgan fingerprint density at radius 3 is 2.23 bits per heavy atom. The third kappa shape index (κ3) is 1.96. The van der Waals surface area contributed by atoms with Crippen LogP contribution in [0.3, 0.4) is 0 Å². The lowest BCUT2D eigenvalue weighted by Gasteiger charge is -2.14. The molecule has 0 fully saturated rings. The van der Waals surface area contributed by atoms with E-state index in [1.54, 1.807) is 26.2 Å². The van der Waals surface area contributed by atoms with Gasteiger partial charge in [0.25, 0.3) is 17.4 Å². The molecule has 1 aliphatic heterocycles. The van der Waals surface area contributed by atoms with E-state index in [0.29, 0.717) is 21.2 Å². The molecule has 2 amide bonds. The molecule has 3 heterocycles. The molecule has 9 nitrogen and oxygen atoms in total. The van der Waals surface area contributed by atoms with Gasteiger partial charge in [0.05, 0.1) is 27.8 Å². The number of anilines is 1. The fourth-order valence-electron chi connectivity index (χ4n) is 3.21. The van der Waals surface area contributed by atoms with Gasteiger partial charge in [-0.05, 0) is 28.1 Å². The number of hydrogen-bond donors (Lipinski definition) is 2. The van der Waals surface area contributed by atoms with Gasteiger partial charge in [0.1, 0.15) is 5.82 Å². The van der Waals surface area contributed by atoms with Crippen LogP contribution in [0.15, 0.2) is 32.3 Å². The van der Waals surface area contributed by atoms with Crippen LogP contribution in [0.4, 0.5) is 5.82 Å². The molecule has 0 saturated carbocycles. The van der Waals surface area contributed by atoms with Crippen molar-refractivity contribution in [2.45, 2.75) is 0 Å². The first kappa shape index (κ1) is 16.3. The third-order valence-electron chi connectivity index (χ3n) is 4.53. The lowest BCUT2D eigenvalue weighted by atomic mass is 10.1. The Bertz CT molecular complexity index is 1280. The van der Waals surface area contributed by atoms with Crippen LogP contribution >= 0.6 is 15.9 Å². The summed E-state index contributed by atoms with van der Waals surface area (Å²) in [6.45, 7) is 0. The lowest BCUT2D eigenvalue weighted by Crippen LogP contribution is -2.24. The van der Waals surface area contributed by atoms with Crippen molar-refractivity contribution >= 4 is 44.6 Å². The zero-order valence-electron chi connectivity index (χ0n) is 13.7. The number of rotatable bonds is 1. The summed E-state index contributed by atoms with van der Waals surface area (Å²) in [6, 6.07) is 4.39. The summed E-state index contributed by atoms with van der Waals surface area (Å²) in [5.74, 6) is -1.45. The molecule has 0 radical (unpaired) electrons. The van der Waals surface area contributed by atoms with Gasteiger partial charge in [-0.1, -0.05) is 0 Å². The summed E-state index contributed by atoms with van der Waals surface area (Å²) >= 11 is 3.39. The molecule has 0 unspecified atom stereocenters. The highest BCUT2D eigenvalue weighted by Gasteiger charge is 2.32. The number of aromatic nitrogens is 3. The number of nitrogen functional groups attached to an aromatic ring is 1. The summed E-state index contributed by atoms with van der Waals surface area (Å²) in [7, 11) is 3.26. The highest BCUT2D eigenvalue weighted by atomic mass is 79.9. The number of aryl methyl sites for hydroxylation is 2. The van der Waals surface area contributed by atoms with Crippen LogP contribution in [0.1, 0.15) is 20.7 Å². The van der Waals surface area contributed by atoms with E-state index < -0.39 is 17.4 Å². The summed E-state index contributed by atoms with van der Waals surface area (Å²) in [6.07, 6.45) is 0. The summed E-state index contributed by atoms with van der Waals surface area (Å²) in [4.78, 5) is 48.5. The molecule has 26 heavy (non-hydrogen) atoms.